The van der Waals surface area contributed by atoms with E-state index < -0.39 is 0 Å². The van der Waals surface area contributed by atoms with Gasteiger partial charge in [0.15, 0.2) is 0 Å². The van der Waals surface area contributed by atoms with Gasteiger partial charge in [0.1, 0.15) is 5.69 Å². The molecular formula is C19H21N3O3S. The molecule has 2 aliphatic rings. The van der Waals surface area contributed by atoms with Gasteiger partial charge >= 0.3 is 4.87 Å². The lowest BCUT2D eigenvalue weighted by Gasteiger charge is -2.42. The zero-order chi connectivity index (χ0) is 18.3. The molecule has 4 rings (SSSR count). The highest BCUT2D eigenvalue weighted by Gasteiger charge is 2.45. The van der Waals surface area contributed by atoms with Gasteiger partial charge in [-0.15, -0.1) is 0 Å². The van der Waals surface area contributed by atoms with Crippen molar-refractivity contribution in [3.05, 3.63) is 56.6 Å². The summed E-state index contributed by atoms with van der Waals surface area (Å²) in [5, 5.41) is 1.60. The van der Waals surface area contributed by atoms with Gasteiger partial charge in [0.25, 0.3) is 11.8 Å². The Morgan fingerprint density at radius 1 is 1.15 bits per heavy atom. The van der Waals surface area contributed by atoms with Gasteiger partial charge in [-0.25, -0.2) is 0 Å². The van der Waals surface area contributed by atoms with Crippen molar-refractivity contribution < 1.29 is 9.59 Å². The molecule has 26 heavy (non-hydrogen) atoms. The number of hydrogen-bond donors (Lipinski definition) is 1. The maximum absolute atomic E-state index is 12.8. The van der Waals surface area contributed by atoms with Crippen LogP contribution in [0.4, 0.5) is 0 Å². The highest BCUT2D eigenvalue weighted by molar-refractivity contribution is 7.07. The number of H-pyrrole nitrogens is 1. The van der Waals surface area contributed by atoms with E-state index in [1.807, 2.05) is 47.2 Å². The molecule has 2 saturated heterocycles. The van der Waals surface area contributed by atoms with Crippen LogP contribution in [0.15, 0.2) is 40.5 Å². The number of nitrogens with zero attached hydrogens (tertiary/aromatic N) is 2. The molecular weight excluding hydrogens is 350 g/mol. The van der Waals surface area contributed by atoms with E-state index >= 15 is 0 Å². The monoisotopic (exact) mass is 371 g/mol. The lowest BCUT2D eigenvalue weighted by atomic mass is 9.95. The zero-order valence-corrected chi connectivity index (χ0v) is 15.4. The molecule has 3 heterocycles. The van der Waals surface area contributed by atoms with Gasteiger partial charge in [0.2, 0.25) is 0 Å². The van der Waals surface area contributed by atoms with Gasteiger partial charge in [-0.1, -0.05) is 29.5 Å². The molecule has 0 radical (unpaired) electrons. The second-order valence-electron chi connectivity index (χ2n) is 7.07. The first-order valence-corrected chi connectivity index (χ1v) is 9.75. The van der Waals surface area contributed by atoms with Crippen molar-refractivity contribution >= 4 is 23.2 Å². The Hall–Kier alpha value is -2.41. The lowest BCUT2D eigenvalue weighted by Crippen LogP contribution is -2.53. The number of thiazole rings is 1. The topological polar surface area (TPSA) is 73.5 Å². The molecule has 6 nitrogen and oxygen atoms in total. The minimum absolute atomic E-state index is 0.0249. The van der Waals surface area contributed by atoms with Crippen molar-refractivity contribution in [1.82, 2.24) is 14.8 Å². The molecule has 136 valence electrons. The smallest absolute Gasteiger partial charge is 0.305 e. The van der Waals surface area contributed by atoms with Crippen LogP contribution in [-0.4, -0.2) is 51.8 Å². The standard InChI is InChI=1S/C19H21N3O3S/c1-21(17(23)12-5-3-2-4-6-12)15-9-13-7-8-14(10-15)22(13)18(24)16-11-26-19(25)20-16/h2-6,11,13-15H,7-10H2,1H3,(H,20,25). The molecule has 1 aromatic heterocycles. The molecule has 7 heteroatoms. The van der Waals surface area contributed by atoms with Crippen LogP contribution in [0.3, 0.4) is 0 Å². The third-order valence-corrected chi connectivity index (χ3v) is 6.25. The van der Waals surface area contributed by atoms with E-state index in [2.05, 4.69) is 4.98 Å². The number of benzene rings is 1. The molecule has 2 bridgehead atoms. The fraction of sp³-hybridized carbons (Fsp3) is 0.421. The first kappa shape index (κ1) is 17.0. The zero-order valence-electron chi connectivity index (χ0n) is 14.6. The Bertz CT molecular complexity index is 861. The Morgan fingerprint density at radius 3 is 2.38 bits per heavy atom. The van der Waals surface area contributed by atoms with Crippen LogP contribution in [0, 0.1) is 0 Å². The van der Waals surface area contributed by atoms with E-state index in [9.17, 15) is 14.4 Å². The molecule has 2 atom stereocenters. The van der Waals surface area contributed by atoms with Crippen molar-refractivity contribution in [3.8, 4) is 0 Å². The number of fused-ring (bicyclic) bond motifs is 2. The predicted molar refractivity (Wildman–Crippen MR) is 99.5 cm³/mol. The number of aromatic nitrogens is 1. The van der Waals surface area contributed by atoms with Crippen LogP contribution in [-0.2, 0) is 0 Å². The van der Waals surface area contributed by atoms with Crippen LogP contribution in [0.1, 0.15) is 46.5 Å². The van der Waals surface area contributed by atoms with Gasteiger partial charge in [-0.3, -0.25) is 14.4 Å². The molecule has 2 aromatic rings. The van der Waals surface area contributed by atoms with Crippen molar-refractivity contribution in [3.63, 3.8) is 0 Å². The molecule has 0 saturated carbocycles. The van der Waals surface area contributed by atoms with Crippen LogP contribution < -0.4 is 4.87 Å². The Morgan fingerprint density at radius 2 is 1.81 bits per heavy atom. The second-order valence-corrected chi connectivity index (χ2v) is 7.91. The summed E-state index contributed by atoms with van der Waals surface area (Å²) in [6, 6.07) is 9.68. The molecule has 1 aromatic carbocycles. The number of carbonyl (C=O) groups is 2. The number of amides is 2. The number of carbonyl (C=O) groups excluding carboxylic acids is 2. The van der Waals surface area contributed by atoms with E-state index in [4.69, 9.17) is 0 Å². The van der Waals surface area contributed by atoms with Gasteiger partial charge in [0.05, 0.1) is 0 Å². The minimum Gasteiger partial charge on any atom is -0.339 e. The summed E-state index contributed by atoms with van der Waals surface area (Å²) in [7, 11) is 1.85. The summed E-state index contributed by atoms with van der Waals surface area (Å²) in [6.07, 6.45) is 3.47. The van der Waals surface area contributed by atoms with Gasteiger partial charge in [-0.05, 0) is 37.8 Å². The highest BCUT2D eigenvalue weighted by atomic mass is 32.1. The molecule has 0 spiro atoms. The van der Waals surface area contributed by atoms with Gasteiger partial charge in [0, 0.05) is 36.1 Å². The van der Waals surface area contributed by atoms with E-state index in [-0.39, 0.29) is 34.8 Å². The molecule has 2 aliphatic heterocycles. The molecule has 1 N–H and O–H groups in total. The Balaban J connectivity index is 1.49. The first-order chi connectivity index (χ1) is 12.5. The van der Waals surface area contributed by atoms with Crippen LogP contribution in [0.2, 0.25) is 0 Å². The van der Waals surface area contributed by atoms with Gasteiger partial charge < -0.3 is 14.8 Å². The minimum atomic E-state index is -0.205. The maximum atomic E-state index is 12.8. The molecule has 0 aliphatic carbocycles. The van der Waals surface area contributed by atoms with Crippen molar-refractivity contribution in [2.24, 2.45) is 0 Å². The normalized spacial score (nSPS) is 24.5. The van der Waals surface area contributed by atoms with Crippen LogP contribution in [0.5, 0.6) is 0 Å². The molecule has 2 amide bonds. The van der Waals surface area contributed by atoms with Crippen molar-refractivity contribution in [2.75, 3.05) is 7.05 Å². The maximum Gasteiger partial charge on any atom is 0.305 e. The van der Waals surface area contributed by atoms with E-state index in [1.54, 1.807) is 5.38 Å². The van der Waals surface area contributed by atoms with Crippen LogP contribution in [0.25, 0.3) is 0 Å². The fourth-order valence-corrected chi connectivity index (χ4v) is 4.82. The average Bonchev–Trinajstić information content (AvgIpc) is 3.21. The Kier molecular flexibility index (Phi) is 4.40. The van der Waals surface area contributed by atoms with Gasteiger partial charge in [-0.2, -0.15) is 0 Å². The second kappa shape index (κ2) is 6.72. The highest BCUT2D eigenvalue weighted by Crippen LogP contribution is 2.38. The Labute approximate surface area is 155 Å². The molecule has 2 unspecified atom stereocenters. The fourth-order valence-electron chi connectivity index (χ4n) is 4.27. The number of hydrogen-bond acceptors (Lipinski definition) is 4. The lowest BCUT2D eigenvalue weighted by molar-refractivity contribution is 0.0403. The number of nitrogens with one attached hydrogen (secondary N) is 1. The van der Waals surface area contributed by atoms with Crippen molar-refractivity contribution in [2.45, 2.75) is 43.8 Å². The van der Waals surface area contributed by atoms with E-state index in [0.29, 0.717) is 11.3 Å². The number of rotatable bonds is 3. The summed E-state index contributed by atoms with van der Waals surface area (Å²) in [5.41, 5.74) is 1.07. The summed E-state index contributed by atoms with van der Waals surface area (Å²) in [5.74, 6) is -0.0664. The van der Waals surface area contributed by atoms with Crippen molar-refractivity contribution in [1.29, 1.82) is 0 Å². The van der Waals surface area contributed by atoms with E-state index in [1.165, 1.54) is 0 Å². The first-order valence-electron chi connectivity index (χ1n) is 8.87. The predicted octanol–water partition coefficient (Wildman–Crippen LogP) is 2.34. The van der Waals surface area contributed by atoms with Crippen LogP contribution >= 0.6 is 11.3 Å². The summed E-state index contributed by atoms with van der Waals surface area (Å²) < 4.78 is 0. The number of piperidine rings is 1. The largest absolute Gasteiger partial charge is 0.339 e. The third-order valence-electron chi connectivity index (χ3n) is 5.58. The quantitative estimate of drug-likeness (QED) is 0.900. The molecule has 2 fully saturated rings. The third kappa shape index (κ3) is 2.96. The SMILES string of the molecule is CN(C(=O)c1ccccc1)C1CC2CCC(C1)N2C(=O)c1csc(=O)[nH]1. The summed E-state index contributed by atoms with van der Waals surface area (Å²) >= 11 is 1.02. The summed E-state index contributed by atoms with van der Waals surface area (Å²) in [6.45, 7) is 0. The summed E-state index contributed by atoms with van der Waals surface area (Å²) in [4.78, 5) is 43.0. The van der Waals surface area contributed by atoms with E-state index in [0.717, 1.165) is 37.0 Å². The number of aromatic amines is 1. The average molecular weight is 371 g/mol.